The van der Waals surface area contributed by atoms with Gasteiger partial charge in [-0.25, -0.2) is 15.0 Å². The molecule has 0 amide bonds. The van der Waals surface area contributed by atoms with Crippen molar-refractivity contribution in [2.24, 2.45) is 0 Å². The fourth-order valence-electron chi connectivity index (χ4n) is 2.12. The van der Waals surface area contributed by atoms with Gasteiger partial charge >= 0.3 is 0 Å². The Balaban J connectivity index is 1.92. The van der Waals surface area contributed by atoms with Gasteiger partial charge < -0.3 is 10.3 Å². The molecule has 2 heterocycles. The molecule has 0 fully saturated rings. The first-order valence-corrected chi connectivity index (χ1v) is 8.22. The van der Waals surface area contributed by atoms with Crippen LogP contribution in [0, 0.1) is 12.3 Å². The molecular weight excluding hydrogens is 330 g/mol. The highest BCUT2D eigenvalue weighted by Gasteiger charge is 2.19. The Bertz CT molecular complexity index is 839. The van der Waals surface area contributed by atoms with E-state index in [1.165, 1.54) is 11.8 Å². The van der Waals surface area contributed by atoms with E-state index in [0.29, 0.717) is 33.9 Å². The molecule has 116 valence electrons. The Morgan fingerprint density at radius 2 is 2.13 bits per heavy atom. The van der Waals surface area contributed by atoms with Crippen molar-refractivity contribution in [3.63, 3.8) is 0 Å². The van der Waals surface area contributed by atoms with Gasteiger partial charge in [0.1, 0.15) is 0 Å². The summed E-state index contributed by atoms with van der Waals surface area (Å²) in [6.45, 7) is 0.725. The van der Waals surface area contributed by atoms with Crippen LogP contribution in [0.2, 0.25) is 5.02 Å². The number of anilines is 1. The first-order chi connectivity index (χ1) is 11.2. The average Bonchev–Trinajstić information content (AvgIpc) is 2.97. The molecule has 7 heteroatoms. The highest BCUT2D eigenvalue weighted by atomic mass is 35.5. The quantitative estimate of drug-likeness (QED) is 0.566. The number of hydrogen-bond donors (Lipinski definition) is 1. The molecule has 3 rings (SSSR count). The largest absolute Gasteiger partial charge is 0.382 e. The summed E-state index contributed by atoms with van der Waals surface area (Å²) in [4.78, 5) is 14.1. The van der Waals surface area contributed by atoms with Crippen molar-refractivity contribution >= 4 is 29.2 Å². The van der Waals surface area contributed by atoms with E-state index in [1.807, 2.05) is 28.8 Å². The lowest BCUT2D eigenvalue weighted by molar-refractivity contribution is 0.638. The molecule has 0 aliphatic carbocycles. The number of terminal acetylenes is 1. The van der Waals surface area contributed by atoms with Crippen LogP contribution in [-0.4, -0.2) is 19.5 Å². The van der Waals surface area contributed by atoms with Gasteiger partial charge in [-0.3, -0.25) is 0 Å². The third-order valence-corrected chi connectivity index (χ3v) is 4.61. The van der Waals surface area contributed by atoms with Gasteiger partial charge in [-0.1, -0.05) is 23.7 Å². The van der Waals surface area contributed by atoms with Crippen LogP contribution in [0.4, 0.5) is 5.82 Å². The molecule has 2 aliphatic rings. The van der Waals surface area contributed by atoms with Crippen molar-refractivity contribution in [2.75, 3.05) is 5.73 Å². The normalized spacial score (nSPS) is 10.8. The summed E-state index contributed by atoms with van der Waals surface area (Å²) in [5.41, 5.74) is 6.52. The zero-order chi connectivity index (χ0) is 16.2. The summed E-state index contributed by atoms with van der Waals surface area (Å²) < 4.78 is 1.92. The Morgan fingerprint density at radius 1 is 1.30 bits per heavy atom. The first-order valence-electron chi connectivity index (χ1n) is 7.03. The van der Waals surface area contributed by atoms with Gasteiger partial charge in [0, 0.05) is 17.9 Å². The van der Waals surface area contributed by atoms with Crippen molar-refractivity contribution in [1.29, 1.82) is 0 Å². The SMILES string of the molecule is C#CCCCn1cnc(N)c2nc(Sc3ccccc3Cl)nc1-2. The van der Waals surface area contributed by atoms with Gasteiger partial charge in [0.2, 0.25) is 0 Å². The molecule has 2 aliphatic heterocycles. The van der Waals surface area contributed by atoms with Crippen LogP contribution >= 0.6 is 23.4 Å². The van der Waals surface area contributed by atoms with E-state index in [0.717, 1.165) is 17.9 Å². The van der Waals surface area contributed by atoms with E-state index >= 15 is 0 Å². The molecule has 23 heavy (non-hydrogen) atoms. The smallest absolute Gasteiger partial charge is 0.195 e. The summed E-state index contributed by atoms with van der Waals surface area (Å²) in [5.74, 6) is 3.71. The third kappa shape index (κ3) is 3.41. The van der Waals surface area contributed by atoms with Crippen molar-refractivity contribution < 1.29 is 0 Å². The van der Waals surface area contributed by atoms with Gasteiger partial charge in [0.05, 0.1) is 11.3 Å². The molecule has 2 N–H and O–H groups in total. The molecule has 0 bridgehead atoms. The van der Waals surface area contributed by atoms with E-state index in [1.54, 1.807) is 6.33 Å². The van der Waals surface area contributed by atoms with Crippen LogP contribution in [0.25, 0.3) is 11.5 Å². The van der Waals surface area contributed by atoms with Crippen LogP contribution in [0.5, 0.6) is 0 Å². The number of fused-ring (bicyclic) bond motifs is 1. The maximum atomic E-state index is 6.18. The number of nitrogen functional groups attached to an aromatic ring is 1. The minimum atomic E-state index is 0.367. The Hall–Kier alpha value is -2.23. The lowest BCUT2D eigenvalue weighted by atomic mass is 10.3. The van der Waals surface area contributed by atoms with Gasteiger partial charge in [-0.05, 0) is 30.3 Å². The number of unbranched alkanes of at least 4 members (excludes halogenated alkanes) is 1. The number of aryl methyl sites for hydroxylation is 1. The van der Waals surface area contributed by atoms with Crippen LogP contribution in [0.15, 0.2) is 40.6 Å². The molecule has 0 unspecified atom stereocenters. The van der Waals surface area contributed by atoms with Crippen molar-refractivity contribution in [3.8, 4) is 23.9 Å². The lowest BCUT2D eigenvalue weighted by Crippen LogP contribution is -2.08. The summed E-state index contributed by atoms with van der Waals surface area (Å²) in [6.07, 6.45) is 8.52. The van der Waals surface area contributed by atoms with Crippen LogP contribution < -0.4 is 5.73 Å². The molecule has 1 aromatic rings. The molecular formula is C16H14ClN5S. The molecule has 0 radical (unpaired) electrons. The maximum Gasteiger partial charge on any atom is 0.195 e. The minimum absolute atomic E-state index is 0.367. The van der Waals surface area contributed by atoms with Crippen molar-refractivity contribution in [1.82, 2.24) is 19.5 Å². The summed E-state index contributed by atoms with van der Waals surface area (Å²) in [5, 5.41) is 1.26. The van der Waals surface area contributed by atoms with Crippen molar-refractivity contribution in [3.05, 3.63) is 35.6 Å². The predicted molar refractivity (Wildman–Crippen MR) is 92.5 cm³/mol. The highest BCUT2D eigenvalue weighted by molar-refractivity contribution is 7.99. The zero-order valence-corrected chi connectivity index (χ0v) is 13.8. The number of nitrogens with zero attached hydrogens (tertiary/aromatic N) is 4. The summed E-state index contributed by atoms with van der Waals surface area (Å²) >= 11 is 7.59. The standard InChI is InChI=1S/C16H14ClN5S/c1-2-3-6-9-22-10-19-14(18)13-15(22)21-16(20-13)23-12-8-5-4-7-11(12)17/h1,4-5,7-8,10H,3,6,9,18H2. The van der Waals surface area contributed by atoms with E-state index in [-0.39, 0.29) is 0 Å². The molecule has 5 nitrogen and oxygen atoms in total. The number of nitrogens with two attached hydrogens (primary N) is 1. The van der Waals surface area contributed by atoms with E-state index in [2.05, 4.69) is 20.9 Å². The van der Waals surface area contributed by atoms with E-state index < -0.39 is 0 Å². The molecule has 1 aromatic carbocycles. The first kappa shape index (κ1) is 15.7. The second-order valence-corrected chi connectivity index (χ2v) is 6.26. The maximum absolute atomic E-state index is 6.18. The number of aromatic nitrogens is 4. The van der Waals surface area contributed by atoms with E-state index in [4.69, 9.17) is 23.8 Å². The van der Waals surface area contributed by atoms with E-state index in [9.17, 15) is 0 Å². The molecule has 0 spiro atoms. The molecule has 0 saturated carbocycles. The number of benzene rings is 1. The molecule has 0 atom stereocenters. The molecule has 0 saturated heterocycles. The molecule has 0 aromatic heterocycles. The fourth-order valence-corrected chi connectivity index (χ4v) is 3.15. The van der Waals surface area contributed by atoms with Gasteiger partial charge in [-0.15, -0.1) is 12.3 Å². The summed E-state index contributed by atoms with van der Waals surface area (Å²) in [7, 11) is 0. The highest BCUT2D eigenvalue weighted by Crippen LogP contribution is 2.34. The number of rotatable bonds is 5. The van der Waals surface area contributed by atoms with Crippen LogP contribution in [0.3, 0.4) is 0 Å². The predicted octanol–water partition coefficient (Wildman–Crippen LogP) is 3.58. The van der Waals surface area contributed by atoms with Crippen LogP contribution in [-0.2, 0) is 6.54 Å². The van der Waals surface area contributed by atoms with Gasteiger partial charge in [-0.2, -0.15) is 0 Å². The zero-order valence-electron chi connectivity index (χ0n) is 12.2. The Morgan fingerprint density at radius 3 is 2.91 bits per heavy atom. The Kier molecular flexibility index (Phi) is 4.70. The fraction of sp³-hybridized carbons (Fsp3) is 0.188. The Labute approximate surface area is 143 Å². The minimum Gasteiger partial charge on any atom is -0.382 e. The topological polar surface area (TPSA) is 69.6 Å². The number of imidazole rings is 1. The van der Waals surface area contributed by atoms with Crippen molar-refractivity contribution in [2.45, 2.75) is 29.4 Å². The summed E-state index contributed by atoms with van der Waals surface area (Å²) in [6, 6.07) is 7.57. The second kappa shape index (κ2) is 6.90. The number of hydrogen-bond acceptors (Lipinski definition) is 5. The van der Waals surface area contributed by atoms with Crippen LogP contribution in [0.1, 0.15) is 12.8 Å². The monoisotopic (exact) mass is 343 g/mol. The van der Waals surface area contributed by atoms with Gasteiger partial charge in [0.15, 0.2) is 22.5 Å². The third-order valence-electron chi connectivity index (χ3n) is 3.23. The lowest BCUT2D eigenvalue weighted by Gasteiger charge is -2.09. The second-order valence-electron chi connectivity index (χ2n) is 4.84. The average molecular weight is 344 g/mol. The van der Waals surface area contributed by atoms with Gasteiger partial charge in [0.25, 0.3) is 0 Å². The number of halogens is 1.